The Labute approximate surface area is 139 Å². The highest BCUT2D eigenvalue weighted by Crippen LogP contribution is 2.28. The number of carbonyl (C=O) groups is 1. The third-order valence-corrected chi connectivity index (χ3v) is 4.70. The van der Waals surface area contributed by atoms with Crippen molar-refractivity contribution >= 4 is 5.97 Å². The first-order chi connectivity index (χ1) is 10.8. The molecule has 2 rings (SSSR count). The van der Waals surface area contributed by atoms with E-state index in [4.69, 9.17) is 4.74 Å². The van der Waals surface area contributed by atoms with Gasteiger partial charge in [-0.25, -0.2) is 0 Å². The monoisotopic (exact) mass is 319 g/mol. The van der Waals surface area contributed by atoms with E-state index < -0.39 is 5.97 Å². The molecule has 0 aromatic heterocycles. The number of hydrogen-bond donors (Lipinski definition) is 1. The molecule has 1 aromatic rings. The molecular formula is C19H29NO3. The van der Waals surface area contributed by atoms with Gasteiger partial charge in [0.2, 0.25) is 0 Å². The first-order valence-electron chi connectivity index (χ1n) is 8.44. The standard InChI is InChI=1S/C19H29NO3/c1-19(2,3)16-7-8-17(23-4)14(12-16)9-11-20-10-5-6-15(13-20)18(21)22/h7-8,12,15H,5-6,9-11,13H2,1-4H3,(H,21,22). The lowest BCUT2D eigenvalue weighted by Crippen LogP contribution is -2.39. The maximum Gasteiger partial charge on any atom is 0.307 e. The van der Waals surface area contributed by atoms with Crippen molar-refractivity contribution in [2.45, 2.75) is 45.4 Å². The fourth-order valence-electron chi connectivity index (χ4n) is 3.18. The molecule has 128 valence electrons. The van der Waals surface area contributed by atoms with E-state index in [9.17, 15) is 9.90 Å². The Balaban J connectivity index is 2.05. The molecule has 1 fully saturated rings. The number of hydrogen-bond acceptors (Lipinski definition) is 3. The minimum absolute atomic E-state index is 0.112. The molecule has 0 aliphatic carbocycles. The lowest BCUT2D eigenvalue weighted by atomic mass is 9.85. The van der Waals surface area contributed by atoms with E-state index in [2.05, 4.69) is 37.8 Å². The van der Waals surface area contributed by atoms with Gasteiger partial charge in [0, 0.05) is 13.1 Å². The van der Waals surface area contributed by atoms with Crippen LogP contribution in [0.2, 0.25) is 0 Å². The molecule has 0 spiro atoms. The number of piperidine rings is 1. The summed E-state index contributed by atoms with van der Waals surface area (Å²) in [4.78, 5) is 13.5. The summed E-state index contributed by atoms with van der Waals surface area (Å²) in [6.07, 6.45) is 2.66. The van der Waals surface area contributed by atoms with Crippen molar-refractivity contribution in [3.05, 3.63) is 29.3 Å². The summed E-state index contributed by atoms with van der Waals surface area (Å²) in [7, 11) is 1.71. The van der Waals surface area contributed by atoms with E-state index in [1.807, 2.05) is 6.07 Å². The summed E-state index contributed by atoms with van der Waals surface area (Å²) in [5.74, 6) is 0.0401. The smallest absolute Gasteiger partial charge is 0.307 e. The fourth-order valence-corrected chi connectivity index (χ4v) is 3.18. The summed E-state index contributed by atoms with van der Waals surface area (Å²) in [6.45, 7) is 9.16. The van der Waals surface area contributed by atoms with Gasteiger partial charge in [0.1, 0.15) is 5.75 Å². The number of aliphatic carboxylic acids is 1. The molecule has 1 saturated heterocycles. The van der Waals surface area contributed by atoms with E-state index in [1.54, 1.807) is 7.11 Å². The Morgan fingerprint density at radius 3 is 2.74 bits per heavy atom. The summed E-state index contributed by atoms with van der Waals surface area (Å²) in [6, 6.07) is 6.41. The minimum atomic E-state index is -0.665. The number of benzene rings is 1. The number of ether oxygens (including phenoxy) is 1. The second-order valence-electron chi connectivity index (χ2n) is 7.50. The van der Waals surface area contributed by atoms with Gasteiger partial charge >= 0.3 is 5.97 Å². The van der Waals surface area contributed by atoms with Gasteiger partial charge in [-0.05, 0) is 48.4 Å². The zero-order valence-corrected chi connectivity index (χ0v) is 14.8. The van der Waals surface area contributed by atoms with Gasteiger partial charge in [0.15, 0.2) is 0 Å². The van der Waals surface area contributed by atoms with Crippen LogP contribution < -0.4 is 4.74 Å². The van der Waals surface area contributed by atoms with Crippen molar-refractivity contribution in [3.8, 4) is 5.75 Å². The Morgan fingerprint density at radius 1 is 1.39 bits per heavy atom. The van der Waals surface area contributed by atoms with Crippen LogP contribution in [0.5, 0.6) is 5.75 Å². The van der Waals surface area contributed by atoms with Crippen LogP contribution in [0, 0.1) is 5.92 Å². The maximum atomic E-state index is 11.2. The van der Waals surface area contributed by atoms with Gasteiger partial charge < -0.3 is 14.7 Å². The van der Waals surface area contributed by atoms with Crippen LogP contribution in [0.25, 0.3) is 0 Å². The van der Waals surface area contributed by atoms with Gasteiger partial charge in [-0.1, -0.05) is 32.9 Å². The van der Waals surface area contributed by atoms with Crippen LogP contribution in [0.3, 0.4) is 0 Å². The van der Waals surface area contributed by atoms with Crippen LogP contribution in [-0.4, -0.2) is 42.7 Å². The summed E-state index contributed by atoms with van der Waals surface area (Å²) >= 11 is 0. The Morgan fingerprint density at radius 2 is 2.13 bits per heavy atom. The third kappa shape index (κ3) is 4.71. The summed E-state index contributed by atoms with van der Waals surface area (Å²) in [5.41, 5.74) is 2.62. The molecule has 1 aliphatic rings. The second-order valence-corrected chi connectivity index (χ2v) is 7.50. The predicted molar refractivity (Wildman–Crippen MR) is 92.2 cm³/mol. The normalized spacial score (nSPS) is 19.6. The minimum Gasteiger partial charge on any atom is -0.496 e. The first kappa shape index (κ1) is 17.8. The molecule has 4 heteroatoms. The van der Waals surface area contributed by atoms with Gasteiger partial charge in [-0.3, -0.25) is 4.79 Å². The van der Waals surface area contributed by atoms with Crippen molar-refractivity contribution < 1.29 is 14.6 Å². The molecule has 0 radical (unpaired) electrons. The van der Waals surface area contributed by atoms with Crippen molar-refractivity contribution in [1.29, 1.82) is 0 Å². The number of carboxylic acid groups (broad SMARTS) is 1. The van der Waals surface area contributed by atoms with E-state index in [1.165, 1.54) is 11.1 Å². The largest absolute Gasteiger partial charge is 0.496 e. The maximum absolute atomic E-state index is 11.2. The number of methoxy groups -OCH3 is 1. The number of nitrogens with zero attached hydrogens (tertiary/aromatic N) is 1. The SMILES string of the molecule is COc1ccc(C(C)(C)C)cc1CCN1CCCC(C(=O)O)C1. The molecule has 0 amide bonds. The average molecular weight is 319 g/mol. The molecule has 1 aliphatic heterocycles. The molecule has 1 atom stereocenters. The van der Waals surface area contributed by atoms with Crippen LogP contribution in [-0.2, 0) is 16.6 Å². The zero-order valence-electron chi connectivity index (χ0n) is 14.8. The summed E-state index contributed by atoms with van der Waals surface area (Å²) < 4.78 is 5.50. The molecule has 4 nitrogen and oxygen atoms in total. The van der Waals surface area contributed by atoms with E-state index in [0.29, 0.717) is 6.54 Å². The fraction of sp³-hybridized carbons (Fsp3) is 0.632. The molecule has 0 saturated carbocycles. The van der Waals surface area contributed by atoms with Crippen molar-refractivity contribution in [2.24, 2.45) is 5.92 Å². The lowest BCUT2D eigenvalue weighted by Gasteiger charge is -2.30. The highest BCUT2D eigenvalue weighted by Gasteiger charge is 2.25. The van der Waals surface area contributed by atoms with Gasteiger partial charge in [0.25, 0.3) is 0 Å². The molecule has 1 N–H and O–H groups in total. The quantitative estimate of drug-likeness (QED) is 0.904. The van der Waals surface area contributed by atoms with Crippen LogP contribution in [0.4, 0.5) is 0 Å². The number of likely N-dealkylation sites (tertiary alicyclic amines) is 1. The third-order valence-electron chi connectivity index (χ3n) is 4.70. The first-order valence-corrected chi connectivity index (χ1v) is 8.44. The Hall–Kier alpha value is -1.55. The highest BCUT2D eigenvalue weighted by molar-refractivity contribution is 5.70. The summed E-state index contributed by atoms with van der Waals surface area (Å²) in [5, 5.41) is 9.20. The van der Waals surface area contributed by atoms with E-state index in [0.717, 1.165) is 38.1 Å². The molecule has 1 aromatic carbocycles. The zero-order chi connectivity index (χ0) is 17.0. The van der Waals surface area contributed by atoms with Gasteiger partial charge in [-0.15, -0.1) is 0 Å². The number of carboxylic acids is 1. The topological polar surface area (TPSA) is 49.8 Å². The van der Waals surface area contributed by atoms with E-state index >= 15 is 0 Å². The second kappa shape index (κ2) is 7.35. The van der Waals surface area contributed by atoms with Crippen molar-refractivity contribution in [2.75, 3.05) is 26.7 Å². The Bertz CT molecular complexity index is 548. The number of rotatable bonds is 5. The van der Waals surface area contributed by atoms with E-state index in [-0.39, 0.29) is 11.3 Å². The van der Waals surface area contributed by atoms with Crippen LogP contribution in [0.15, 0.2) is 18.2 Å². The Kier molecular flexibility index (Phi) is 5.69. The van der Waals surface area contributed by atoms with Crippen molar-refractivity contribution in [1.82, 2.24) is 4.90 Å². The molecule has 1 unspecified atom stereocenters. The molecule has 1 heterocycles. The predicted octanol–water partition coefficient (Wildman–Crippen LogP) is 3.33. The van der Waals surface area contributed by atoms with Crippen LogP contribution >= 0.6 is 0 Å². The lowest BCUT2D eigenvalue weighted by molar-refractivity contribution is -0.143. The van der Waals surface area contributed by atoms with Gasteiger partial charge in [-0.2, -0.15) is 0 Å². The van der Waals surface area contributed by atoms with Crippen molar-refractivity contribution in [3.63, 3.8) is 0 Å². The molecule has 0 bridgehead atoms. The molecule has 23 heavy (non-hydrogen) atoms. The van der Waals surface area contributed by atoms with Crippen LogP contribution in [0.1, 0.15) is 44.7 Å². The highest BCUT2D eigenvalue weighted by atomic mass is 16.5. The molecular weight excluding hydrogens is 290 g/mol. The average Bonchev–Trinajstić information content (AvgIpc) is 2.52. The van der Waals surface area contributed by atoms with Gasteiger partial charge in [0.05, 0.1) is 13.0 Å².